The number of amides is 2. The van der Waals surface area contributed by atoms with Crippen molar-refractivity contribution in [2.24, 2.45) is 5.92 Å². The molecule has 0 radical (unpaired) electrons. The second-order valence-electron chi connectivity index (χ2n) is 5.40. The second-order valence-corrected chi connectivity index (χ2v) is 5.40. The molecule has 1 aliphatic heterocycles. The summed E-state index contributed by atoms with van der Waals surface area (Å²) in [5.41, 5.74) is 1.08. The predicted octanol–water partition coefficient (Wildman–Crippen LogP) is 0.953. The average Bonchev–Trinajstić information content (AvgIpc) is 2.55. The van der Waals surface area contributed by atoms with Crippen LogP contribution in [0.15, 0.2) is 24.3 Å². The summed E-state index contributed by atoms with van der Waals surface area (Å²) in [6, 6.07) is 7.13. The first-order valence-corrected chi connectivity index (χ1v) is 7.55. The lowest BCUT2D eigenvalue weighted by Crippen LogP contribution is -2.41. The number of nitrogens with zero attached hydrogens (tertiary/aromatic N) is 1. The van der Waals surface area contributed by atoms with E-state index in [0.717, 1.165) is 0 Å². The van der Waals surface area contributed by atoms with Crippen LogP contribution >= 0.6 is 0 Å². The molecule has 2 N–H and O–H groups in total. The van der Waals surface area contributed by atoms with Crippen molar-refractivity contribution in [1.82, 2.24) is 10.2 Å². The number of para-hydroxylation sites is 1. The van der Waals surface area contributed by atoms with Crippen molar-refractivity contribution < 1.29 is 14.3 Å². The number of anilines is 1. The maximum absolute atomic E-state index is 12.6. The fourth-order valence-corrected chi connectivity index (χ4v) is 2.37. The Labute approximate surface area is 130 Å². The molecule has 22 heavy (non-hydrogen) atoms. The third kappa shape index (κ3) is 4.05. The van der Waals surface area contributed by atoms with Gasteiger partial charge in [-0.1, -0.05) is 19.1 Å². The van der Waals surface area contributed by atoms with Gasteiger partial charge in [0.25, 0.3) is 5.91 Å². The van der Waals surface area contributed by atoms with Gasteiger partial charge < -0.3 is 20.3 Å². The summed E-state index contributed by atoms with van der Waals surface area (Å²) in [4.78, 5) is 26.5. The molecule has 6 heteroatoms. The van der Waals surface area contributed by atoms with E-state index < -0.39 is 0 Å². The van der Waals surface area contributed by atoms with Gasteiger partial charge in [0, 0.05) is 25.6 Å². The molecule has 0 spiro atoms. The highest BCUT2D eigenvalue weighted by atomic mass is 16.5. The van der Waals surface area contributed by atoms with Crippen LogP contribution in [0.1, 0.15) is 17.3 Å². The highest BCUT2D eigenvalue weighted by Gasteiger charge is 2.22. The van der Waals surface area contributed by atoms with E-state index in [9.17, 15) is 9.59 Å². The van der Waals surface area contributed by atoms with Gasteiger partial charge in [-0.05, 0) is 19.2 Å². The molecule has 1 fully saturated rings. The van der Waals surface area contributed by atoms with Crippen molar-refractivity contribution in [1.29, 1.82) is 0 Å². The summed E-state index contributed by atoms with van der Waals surface area (Å²) in [5.74, 6) is -0.339. The SMILES string of the molecule is CNCC(C)C(=O)Nc1ccccc1C(=O)N1CCOCC1. The van der Waals surface area contributed by atoms with Crippen LogP contribution in [-0.2, 0) is 9.53 Å². The first-order valence-electron chi connectivity index (χ1n) is 7.55. The third-order valence-corrected chi connectivity index (χ3v) is 3.67. The molecule has 120 valence electrons. The number of carbonyl (C=O) groups excluding carboxylic acids is 2. The summed E-state index contributed by atoms with van der Waals surface area (Å²) in [6.07, 6.45) is 0. The average molecular weight is 305 g/mol. The molecule has 6 nitrogen and oxygen atoms in total. The maximum atomic E-state index is 12.6. The van der Waals surface area contributed by atoms with Gasteiger partial charge in [0.05, 0.1) is 24.5 Å². The number of benzene rings is 1. The Balaban J connectivity index is 2.12. The minimum absolute atomic E-state index is 0.0690. The van der Waals surface area contributed by atoms with Gasteiger partial charge in [-0.2, -0.15) is 0 Å². The van der Waals surface area contributed by atoms with E-state index in [2.05, 4.69) is 10.6 Å². The van der Waals surface area contributed by atoms with Crippen LogP contribution < -0.4 is 10.6 Å². The Morgan fingerprint density at radius 3 is 2.64 bits per heavy atom. The number of hydrogen-bond donors (Lipinski definition) is 2. The molecule has 2 amide bonds. The molecule has 0 saturated carbocycles. The molecular formula is C16H23N3O3. The normalized spacial score (nSPS) is 16.2. The minimum Gasteiger partial charge on any atom is -0.378 e. The molecule has 1 aliphatic rings. The Kier molecular flexibility index (Phi) is 5.91. The van der Waals surface area contributed by atoms with Gasteiger partial charge in [0.15, 0.2) is 0 Å². The maximum Gasteiger partial charge on any atom is 0.256 e. The lowest BCUT2D eigenvalue weighted by atomic mass is 10.1. The number of hydrogen-bond acceptors (Lipinski definition) is 4. The van der Waals surface area contributed by atoms with E-state index in [-0.39, 0.29) is 17.7 Å². The Morgan fingerprint density at radius 1 is 1.27 bits per heavy atom. The summed E-state index contributed by atoms with van der Waals surface area (Å²) < 4.78 is 5.27. The van der Waals surface area contributed by atoms with Gasteiger partial charge in [-0.25, -0.2) is 0 Å². The number of nitrogens with one attached hydrogen (secondary N) is 2. The molecule has 1 aromatic rings. The van der Waals surface area contributed by atoms with Crippen molar-refractivity contribution in [3.8, 4) is 0 Å². The van der Waals surface area contributed by atoms with Crippen LogP contribution in [0.3, 0.4) is 0 Å². The number of morpholine rings is 1. The van der Waals surface area contributed by atoms with Crippen LogP contribution in [0.5, 0.6) is 0 Å². The van der Waals surface area contributed by atoms with Crippen LogP contribution in [0, 0.1) is 5.92 Å². The van der Waals surface area contributed by atoms with Crippen LogP contribution in [-0.4, -0.2) is 56.6 Å². The zero-order valence-corrected chi connectivity index (χ0v) is 13.1. The van der Waals surface area contributed by atoms with Gasteiger partial charge in [0.2, 0.25) is 5.91 Å². The second kappa shape index (κ2) is 7.91. The van der Waals surface area contributed by atoms with E-state index in [0.29, 0.717) is 44.1 Å². The zero-order valence-electron chi connectivity index (χ0n) is 13.1. The van der Waals surface area contributed by atoms with E-state index in [1.165, 1.54) is 0 Å². The Bertz CT molecular complexity index is 527. The summed E-state index contributed by atoms with van der Waals surface area (Å²) in [6.45, 7) is 4.71. The molecule has 1 aromatic carbocycles. The van der Waals surface area contributed by atoms with Crippen LogP contribution in [0.4, 0.5) is 5.69 Å². The smallest absolute Gasteiger partial charge is 0.256 e. The number of ether oxygens (including phenoxy) is 1. The van der Waals surface area contributed by atoms with Crippen molar-refractivity contribution in [3.63, 3.8) is 0 Å². The third-order valence-electron chi connectivity index (χ3n) is 3.67. The van der Waals surface area contributed by atoms with Gasteiger partial charge in [-0.15, -0.1) is 0 Å². The lowest BCUT2D eigenvalue weighted by Gasteiger charge is -2.27. The van der Waals surface area contributed by atoms with Crippen molar-refractivity contribution in [2.75, 3.05) is 45.2 Å². The highest BCUT2D eigenvalue weighted by molar-refractivity contribution is 6.04. The standard InChI is InChI=1S/C16H23N3O3/c1-12(11-17-2)15(20)18-14-6-4-3-5-13(14)16(21)19-7-9-22-10-8-19/h3-6,12,17H,7-11H2,1-2H3,(H,18,20). The lowest BCUT2D eigenvalue weighted by molar-refractivity contribution is -0.119. The van der Waals surface area contributed by atoms with Crippen molar-refractivity contribution >= 4 is 17.5 Å². The fourth-order valence-electron chi connectivity index (χ4n) is 2.37. The molecule has 1 atom stereocenters. The van der Waals surface area contributed by atoms with Crippen molar-refractivity contribution in [3.05, 3.63) is 29.8 Å². The molecule has 2 rings (SSSR count). The van der Waals surface area contributed by atoms with Gasteiger partial charge >= 0.3 is 0 Å². The Morgan fingerprint density at radius 2 is 1.95 bits per heavy atom. The summed E-state index contributed by atoms with van der Waals surface area (Å²) in [7, 11) is 1.81. The van der Waals surface area contributed by atoms with Crippen LogP contribution in [0.25, 0.3) is 0 Å². The predicted molar refractivity (Wildman–Crippen MR) is 84.9 cm³/mol. The number of carbonyl (C=O) groups is 2. The minimum atomic E-state index is -0.170. The monoisotopic (exact) mass is 305 g/mol. The molecular weight excluding hydrogens is 282 g/mol. The first-order chi connectivity index (χ1) is 10.6. The fraction of sp³-hybridized carbons (Fsp3) is 0.500. The summed E-state index contributed by atoms with van der Waals surface area (Å²) in [5, 5.41) is 5.83. The van der Waals surface area contributed by atoms with Gasteiger partial charge in [0.1, 0.15) is 0 Å². The molecule has 0 bridgehead atoms. The topological polar surface area (TPSA) is 70.7 Å². The number of rotatable bonds is 5. The summed E-state index contributed by atoms with van der Waals surface area (Å²) >= 11 is 0. The molecule has 0 aliphatic carbocycles. The molecule has 1 unspecified atom stereocenters. The van der Waals surface area contributed by atoms with Gasteiger partial charge in [-0.3, -0.25) is 9.59 Å². The quantitative estimate of drug-likeness (QED) is 0.850. The van der Waals surface area contributed by atoms with E-state index in [4.69, 9.17) is 4.74 Å². The zero-order chi connectivity index (χ0) is 15.9. The first kappa shape index (κ1) is 16.5. The van der Waals surface area contributed by atoms with E-state index >= 15 is 0 Å². The van der Waals surface area contributed by atoms with E-state index in [1.54, 1.807) is 30.1 Å². The molecule has 1 heterocycles. The molecule has 1 saturated heterocycles. The highest BCUT2D eigenvalue weighted by Crippen LogP contribution is 2.19. The largest absolute Gasteiger partial charge is 0.378 e. The van der Waals surface area contributed by atoms with Crippen molar-refractivity contribution in [2.45, 2.75) is 6.92 Å². The molecule has 0 aromatic heterocycles. The Hall–Kier alpha value is -1.92. The van der Waals surface area contributed by atoms with Crippen LogP contribution in [0.2, 0.25) is 0 Å². The van der Waals surface area contributed by atoms with E-state index in [1.807, 2.05) is 13.0 Å².